The molecular weight excluding hydrogens is 509 g/mol. The number of hydrogen-bond donors (Lipinski definition) is 1. The number of nitrogens with zero attached hydrogens (tertiary/aromatic N) is 4. The smallest absolute Gasteiger partial charge is 0.268 e. The van der Waals surface area contributed by atoms with Gasteiger partial charge in [-0.25, -0.2) is 9.97 Å². The number of carbonyl (C=O) groups is 2. The van der Waals surface area contributed by atoms with E-state index in [0.717, 1.165) is 16.7 Å². The highest BCUT2D eigenvalue weighted by atomic mass is 35.5. The minimum absolute atomic E-state index is 0.0553. The standard InChI is InChI=1S/C17H10Cl3N5O2S3/c1-7-21-15(24-23-7)30-16-22-13(20)11(28-16)5-12-14(26)25(17(27)29-12)6-8-2-3-9(18)4-10(8)19/h2-5H,6H2,1H3,(H,21,23,24)/b12-5-. The molecule has 0 bridgehead atoms. The van der Waals surface area contributed by atoms with Crippen molar-refractivity contribution in [3.8, 4) is 0 Å². The van der Waals surface area contributed by atoms with Crippen molar-refractivity contribution in [1.29, 1.82) is 0 Å². The molecule has 1 aliphatic rings. The van der Waals surface area contributed by atoms with Crippen LogP contribution in [-0.2, 0) is 11.3 Å². The molecular formula is C17H10Cl3N5O2S3. The summed E-state index contributed by atoms with van der Waals surface area (Å²) < 4.78 is 0.623. The highest BCUT2D eigenvalue weighted by molar-refractivity contribution is 8.18. The van der Waals surface area contributed by atoms with Gasteiger partial charge in [-0.3, -0.25) is 19.6 Å². The number of benzene rings is 1. The van der Waals surface area contributed by atoms with E-state index >= 15 is 0 Å². The largest absolute Gasteiger partial charge is 0.293 e. The quantitative estimate of drug-likeness (QED) is 0.419. The fourth-order valence-corrected chi connectivity index (χ4v) is 6.02. The molecule has 0 spiro atoms. The van der Waals surface area contributed by atoms with Crippen LogP contribution in [-0.4, -0.2) is 36.2 Å². The van der Waals surface area contributed by atoms with Gasteiger partial charge < -0.3 is 0 Å². The molecule has 1 aliphatic heterocycles. The van der Waals surface area contributed by atoms with E-state index in [-0.39, 0.29) is 21.8 Å². The van der Waals surface area contributed by atoms with Gasteiger partial charge in [0, 0.05) is 10.0 Å². The zero-order chi connectivity index (χ0) is 21.4. The maximum absolute atomic E-state index is 12.8. The molecule has 30 heavy (non-hydrogen) atoms. The van der Waals surface area contributed by atoms with E-state index in [1.54, 1.807) is 31.2 Å². The third kappa shape index (κ3) is 4.68. The summed E-state index contributed by atoms with van der Waals surface area (Å²) in [7, 11) is 0. The number of aromatic nitrogens is 4. The monoisotopic (exact) mass is 517 g/mol. The number of rotatable bonds is 5. The summed E-state index contributed by atoms with van der Waals surface area (Å²) in [6, 6.07) is 4.91. The van der Waals surface area contributed by atoms with E-state index in [1.807, 2.05) is 0 Å². The third-order valence-corrected chi connectivity index (χ3v) is 7.65. The molecule has 2 aromatic heterocycles. The van der Waals surface area contributed by atoms with E-state index in [9.17, 15) is 9.59 Å². The number of amides is 2. The third-order valence-electron chi connectivity index (χ3n) is 3.82. The molecule has 1 saturated heterocycles. The number of H-pyrrole nitrogens is 1. The van der Waals surface area contributed by atoms with E-state index in [4.69, 9.17) is 34.8 Å². The summed E-state index contributed by atoms with van der Waals surface area (Å²) in [5.74, 6) is 0.272. The van der Waals surface area contributed by atoms with Crippen LogP contribution >= 0.6 is 69.7 Å². The molecule has 1 aromatic carbocycles. The summed E-state index contributed by atoms with van der Waals surface area (Å²) in [6.07, 6.45) is 1.57. The molecule has 13 heteroatoms. The number of nitrogens with one attached hydrogen (secondary N) is 1. The lowest BCUT2D eigenvalue weighted by Gasteiger charge is -2.13. The normalized spacial score (nSPS) is 15.6. The second-order valence-corrected chi connectivity index (χ2v) is 10.4. The predicted molar refractivity (Wildman–Crippen MR) is 120 cm³/mol. The number of halogens is 3. The number of aromatic amines is 1. The van der Waals surface area contributed by atoms with Crippen LogP contribution in [0.15, 0.2) is 32.6 Å². The van der Waals surface area contributed by atoms with Gasteiger partial charge in [0.05, 0.1) is 16.3 Å². The Labute approximate surface area is 198 Å². The molecule has 2 amide bonds. The summed E-state index contributed by atoms with van der Waals surface area (Å²) in [5.41, 5.74) is 0.626. The van der Waals surface area contributed by atoms with Crippen LogP contribution in [0.4, 0.5) is 4.79 Å². The van der Waals surface area contributed by atoms with Gasteiger partial charge in [-0.2, -0.15) is 0 Å². The second kappa shape index (κ2) is 8.89. The topological polar surface area (TPSA) is 91.8 Å². The fraction of sp³-hybridized carbons (Fsp3) is 0.118. The lowest BCUT2D eigenvalue weighted by molar-refractivity contribution is -0.123. The number of aryl methyl sites for hydroxylation is 1. The van der Waals surface area contributed by atoms with Crippen LogP contribution in [0.1, 0.15) is 16.3 Å². The predicted octanol–water partition coefficient (Wildman–Crippen LogP) is 5.92. The molecule has 3 heterocycles. The van der Waals surface area contributed by atoms with Crippen molar-refractivity contribution in [3.63, 3.8) is 0 Å². The van der Waals surface area contributed by atoms with E-state index in [2.05, 4.69) is 20.2 Å². The van der Waals surface area contributed by atoms with Gasteiger partial charge in [0.25, 0.3) is 11.1 Å². The molecule has 0 radical (unpaired) electrons. The van der Waals surface area contributed by atoms with Crippen LogP contribution in [0, 0.1) is 6.92 Å². The molecule has 0 saturated carbocycles. The minimum atomic E-state index is -0.417. The first-order chi connectivity index (χ1) is 14.3. The van der Waals surface area contributed by atoms with Crippen LogP contribution < -0.4 is 0 Å². The average molecular weight is 519 g/mol. The maximum Gasteiger partial charge on any atom is 0.293 e. The first kappa shape index (κ1) is 21.7. The molecule has 154 valence electrons. The fourth-order valence-electron chi connectivity index (χ4n) is 2.45. The highest BCUT2D eigenvalue weighted by Gasteiger charge is 2.35. The van der Waals surface area contributed by atoms with Crippen molar-refractivity contribution < 1.29 is 9.59 Å². The van der Waals surface area contributed by atoms with Gasteiger partial charge >= 0.3 is 0 Å². The Morgan fingerprint density at radius 1 is 1.23 bits per heavy atom. The highest BCUT2D eigenvalue weighted by Crippen LogP contribution is 2.39. The van der Waals surface area contributed by atoms with Gasteiger partial charge in [-0.1, -0.05) is 40.9 Å². The lowest BCUT2D eigenvalue weighted by Crippen LogP contribution is -2.27. The van der Waals surface area contributed by atoms with Gasteiger partial charge in [-0.05, 0) is 54.2 Å². The van der Waals surface area contributed by atoms with Crippen molar-refractivity contribution in [3.05, 3.63) is 54.6 Å². The number of carbonyl (C=O) groups excluding carboxylic acids is 2. The zero-order valence-electron chi connectivity index (χ0n) is 15.0. The van der Waals surface area contributed by atoms with Crippen molar-refractivity contribution in [2.24, 2.45) is 0 Å². The van der Waals surface area contributed by atoms with Gasteiger partial charge in [-0.15, -0.1) is 16.4 Å². The zero-order valence-corrected chi connectivity index (χ0v) is 19.7. The van der Waals surface area contributed by atoms with Gasteiger partial charge in [0.1, 0.15) is 11.0 Å². The molecule has 7 nitrogen and oxygen atoms in total. The minimum Gasteiger partial charge on any atom is -0.268 e. The Morgan fingerprint density at radius 2 is 2.03 bits per heavy atom. The Morgan fingerprint density at radius 3 is 2.73 bits per heavy atom. The average Bonchev–Trinajstić information content (AvgIpc) is 3.32. The lowest BCUT2D eigenvalue weighted by atomic mass is 10.2. The number of thioether (sulfide) groups is 1. The number of hydrogen-bond acceptors (Lipinski definition) is 8. The maximum atomic E-state index is 12.8. The van der Waals surface area contributed by atoms with Crippen LogP contribution in [0.25, 0.3) is 6.08 Å². The van der Waals surface area contributed by atoms with Crippen molar-refractivity contribution in [2.75, 3.05) is 0 Å². The van der Waals surface area contributed by atoms with Crippen molar-refractivity contribution in [2.45, 2.75) is 23.0 Å². The number of imide groups is 1. The molecule has 1 N–H and O–H groups in total. The molecule has 3 aromatic rings. The van der Waals surface area contributed by atoms with E-state index in [1.165, 1.54) is 23.1 Å². The Hall–Kier alpha value is -1.56. The summed E-state index contributed by atoms with van der Waals surface area (Å²) in [4.78, 5) is 35.6. The van der Waals surface area contributed by atoms with Crippen LogP contribution in [0.2, 0.25) is 15.2 Å². The summed E-state index contributed by atoms with van der Waals surface area (Å²) >= 11 is 21.7. The van der Waals surface area contributed by atoms with E-state index < -0.39 is 5.91 Å². The molecule has 1 fully saturated rings. The van der Waals surface area contributed by atoms with Crippen LogP contribution in [0.5, 0.6) is 0 Å². The summed E-state index contributed by atoms with van der Waals surface area (Å²) in [6.45, 7) is 1.85. The van der Waals surface area contributed by atoms with Gasteiger partial charge in [0.15, 0.2) is 4.34 Å². The molecule has 0 atom stereocenters. The first-order valence-corrected chi connectivity index (χ1v) is 11.8. The summed E-state index contributed by atoms with van der Waals surface area (Å²) in [5, 5.41) is 8.04. The first-order valence-electron chi connectivity index (χ1n) is 8.22. The van der Waals surface area contributed by atoms with E-state index in [0.29, 0.717) is 35.8 Å². The Kier molecular flexibility index (Phi) is 6.42. The number of thiazole rings is 1. The molecule has 0 unspecified atom stereocenters. The van der Waals surface area contributed by atoms with Crippen LogP contribution in [0.3, 0.4) is 0 Å². The van der Waals surface area contributed by atoms with Crippen molar-refractivity contribution in [1.82, 2.24) is 25.1 Å². The SMILES string of the molecule is Cc1nc(Sc2nc(Cl)c(/C=C3\SC(=O)N(Cc4ccc(Cl)cc4Cl)C3=O)s2)n[nH]1. The molecule has 4 rings (SSSR count). The van der Waals surface area contributed by atoms with Gasteiger partial charge in [0.2, 0.25) is 5.16 Å². The Bertz CT molecular complexity index is 1190. The molecule has 0 aliphatic carbocycles. The Balaban J connectivity index is 1.53. The second-order valence-electron chi connectivity index (χ2n) is 5.94. The van der Waals surface area contributed by atoms with Crippen molar-refractivity contribution >= 4 is 86.9 Å².